The van der Waals surface area contributed by atoms with Crippen molar-refractivity contribution in [1.29, 1.82) is 0 Å². The summed E-state index contributed by atoms with van der Waals surface area (Å²) in [5.41, 5.74) is 2.60. The highest BCUT2D eigenvalue weighted by molar-refractivity contribution is 5.92. The fourth-order valence-electron chi connectivity index (χ4n) is 5.10. The minimum absolute atomic E-state index is 0.112. The van der Waals surface area contributed by atoms with Crippen LogP contribution in [0.15, 0.2) is 48.8 Å². The van der Waals surface area contributed by atoms with Gasteiger partial charge >= 0.3 is 0 Å². The number of benzene rings is 2. The highest BCUT2D eigenvalue weighted by Crippen LogP contribution is 2.30. The standard InChI is InChI=1S/C31H35N5O7/c1-19-14-33-23(16-32-19)31(39)36-11-10-25-24(17-36)35-30(38)18-42-28-12-20(4-8-26(28)40-2)5-9-29(37)34-15-21-6-7-22(43-25)13-27(21)41-3/h4,6-8,12-14,16,24-25H,5,9-11,15,17-18H2,1-3H3,(H,34,37)(H,35,38)/t24-,25+/m1/s1. The number of piperidine rings is 1. The molecule has 0 spiro atoms. The maximum Gasteiger partial charge on any atom is 0.274 e. The van der Waals surface area contributed by atoms with Crippen LogP contribution in [0.3, 0.4) is 0 Å². The van der Waals surface area contributed by atoms with Gasteiger partial charge in [-0.2, -0.15) is 0 Å². The molecule has 3 amide bonds. The number of aromatic nitrogens is 2. The minimum Gasteiger partial charge on any atom is -0.496 e. The number of hydrogen-bond donors (Lipinski definition) is 2. The molecule has 0 unspecified atom stereocenters. The van der Waals surface area contributed by atoms with Gasteiger partial charge in [-0.15, -0.1) is 0 Å². The van der Waals surface area contributed by atoms with Crippen molar-refractivity contribution in [2.24, 2.45) is 0 Å². The number of hydrogen-bond acceptors (Lipinski definition) is 9. The molecule has 0 saturated carbocycles. The van der Waals surface area contributed by atoms with Crippen molar-refractivity contribution in [3.05, 3.63) is 71.3 Å². The number of fused-ring (bicyclic) bond motifs is 9. The maximum absolute atomic E-state index is 13.2. The van der Waals surface area contributed by atoms with E-state index < -0.39 is 12.1 Å². The molecule has 4 bridgehead atoms. The maximum atomic E-state index is 13.2. The van der Waals surface area contributed by atoms with Gasteiger partial charge in [-0.05, 0) is 43.2 Å². The van der Waals surface area contributed by atoms with E-state index in [0.29, 0.717) is 54.6 Å². The van der Waals surface area contributed by atoms with Gasteiger partial charge in [0.1, 0.15) is 23.3 Å². The molecule has 6 rings (SSSR count). The van der Waals surface area contributed by atoms with Crippen molar-refractivity contribution < 1.29 is 33.3 Å². The Balaban J connectivity index is 1.42. The van der Waals surface area contributed by atoms with Gasteiger partial charge in [-0.3, -0.25) is 19.4 Å². The summed E-state index contributed by atoms with van der Waals surface area (Å²) in [5, 5.41) is 5.95. The summed E-state index contributed by atoms with van der Waals surface area (Å²) in [6.45, 7) is 2.40. The number of carbonyl (C=O) groups excluding carboxylic acids is 3. The van der Waals surface area contributed by atoms with Gasteiger partial charge in [-0.25, -0.2) is 4.98 Å². The quantitative estimate of drug-likeness (QED) is 0.470. The van der Waals surface area contributed by atoms with Crippen molar-refractivity contribution in [2.45, 2.75) is 44.9 Å². The third kappa shape index (κ3) is 7.32. The zero-order chi connectivity index (χ0) is 30.3. The zero-order valence-corrected chi connectivity index (χ0v) is 24.4. The van der Waals surface area contributed by atoms with Crippen molar-refractivity contribution >= 4 is 17.7 Å². The Morgan fingerprint density at radius 1 is 1.00 bits per heavy atom. The van der Waals surface area contributed by atoms with E-state index in [9.17, 15) is 14.4 Å². The third-order valence-corrected chi connectivity index (χ3v) is 7.43. The summed E-state index contributed by atoms with van der Waals surface area (Å²) in [5.74, 6) is 1.18. The highest BCUT2D eigenvalue weighted by atomic mass is 16.5. The van der Waals surface area contributed by atoms with Gasteiger partial charge in [-0.1, -0.05) is 6.07 Å². The molecule has 12 heteroatoms. The first-order valence-corrected chi connectivity index (χ1v) is 14.1. The van der Waals surface area contributed by atoms with E-state index in [1.54, 1.807) is 49.4 Å². The summed E-state index contributed by atoms with van der Waals surface area (Å²) < 4.78 is 23.2. The van der Waals surface area contributed by atoms with Crippen LogP contribution < -0.4 is 29.6 Å². The van der Waals surface area contributed by atoms with Crippen LogP contribution in [0.25, 0.3) is 0 Å². The molecule has 3 aromatic rings. The Morgan fingerprint density at radius 3 is 2.60 bits per heavy atom. The molecule has 2 N–H and O–H groups in total. The summed E-state index contributed by atoms with van der Waals surface area (Å²) in [7, 11) is 3.08. The molecule has 3 aliphatic rings. The van der Waals surface area contributed by atoms with Gasteiger partial charge in [0, 0.05) is 50.3 Å². The van der Waals surface area contributed by atoms with E-state index in [-0.39, 0.29) is 43.0 Å². The Labute approximate surface area is 249 Å². The van der Waals surface area contributed by atoms with Gasteiger partial charge in [0.25, 0.3) is 11.8 Å². The number of nitrogens with zero attached hydrogens (tertiary/aromatic N) is 3. The molecule has 0 radical (unpaired) electrons. The summed E-state index contributed by atoms with van der Waals surface area (Å²) in [6.07, 6.45) is 3.74. The largest absolute Gasteiger partial charge is 0.496 e. The van der Waals surface area contributed by atoms with Gasteiger partial charge < -0.3 is 34.5 Å². The normalized spacial score (nSPS) is 19.3. The summed E-state index contributed by atoms with van der Waals surface area (Å²) >= 11 is 0. The van der Waals surface area contributed by atoms with Gasteiger partial charge in [0.2, 0.25) is 5.91 Å². The van der Waals surface area contributed by atoms with E-state index in [0.717, 1.165) is 11.1 Å². The number of carbonyl (C=O) groups is 3. The molecular formula is C31H35N5O7. The Hall–Kier alpha value is -4.87. The van der Waals surface area contributed by atoms with Crippen molar-refractivity contribution in [1.82, 2.24) is 25.5 Å². The second kappa shape index (κ2) is 13.4. The lowest BCUT2D eigenvalue weighted by atomic mass is 10.0. The van der Waals surface area contributed by atoms with E-state index in [1.807, 2.05) is 12.1 Å². The predicted octanol–water partition coefficient (Wildman–Crippen LogP) is 2.22. The molecule has 43 heavy (non-hydrogen) atoms. The van der Waals surface area contributed by atoms with Crippen LogP contribution in [0.4, 0.5) is 0 Å². The molecule has 4 heterocycles. The lowest BCUT2D eigenvalue weighted by molar-refractivity contribution is -0.125. The number of rotatable bonds is 3. The number of ether oxygens (including phenoxy) is 4. The monoisotopic (exact) mass is 589 g/mol. The second-order valence-corrected chi connectivity index (χ2v) is 10.4. The molecular weight excluding hydrogens is 554 g/mol. The summed E-state index contributed by atoms with van der Waals surface area (Å²) in [4.78, 5) is 49.1. The highest BCUT2D eigenvalue weighted by Gasteiger charge is 2.35. The molecule has 226 valence electrons. The van der Waals surface area contributed by atoms with Gasteiger partial charge in [0.05, 0.1) is 32.2 Å². The Kier molecular flexibility index (Phi) is 9.23. The minimum atomic E-state index is -0.549. The van der Waals surface area contributed by atoms with Gasteiger partial charge in [0.15, 0.2) is 18.1 Å². The molecule has 3 aliphatic heterocycles. The van der Waals surface area contributed by atoms with E-state index in [1.165, 1.54) is 13.3 Å². The molecule has 12 nitrogen and oxygen atoms in total. The van der Waals surface area contributed by atoms with E-state index >= 15 is 0 Å². The SMILES string of the molecule is COc1cc2ccc1CNC(=O)CCc1ccc(OC)c(c1)OCC(=O)N[C@@H]1CN(C(=O)c3cnc(C)cn3)CC[C@@H]1O2. The predicted molar refractivity (Wildman–Crippen MR) is 155 cm³/mol. The molecule has 1 aromatic heterocycles. The fraction of sp³-hybridized carbons (Fsp3) is 0.387. The topological polar surface area (TPSA) is 141 Å². The van der Waals surface area contributed by atoms with Crippen LogP contribution in [-0.2, 0) is 22.6 Å². The zero-order valence-electron chi connectivity index (χ0n) is 24.4. The number of nitrogens with one attached hydrogen (secondary N) is 2. The van der Waals surface area contributed by atoms with E-state index in [4.69, 9.17) is 18.9 Å². The molecule has 0 aliphatic carbocycles. The molecule has 1 fully saturated rings. The average molecular weight is 590 g/mol. The number of likely N-dealkylation sites (tertiary alicyclic amines) is 1. The smallest absolute Gasteiger partial charge is 0.274 e. The van der Waals surface area contributed by atoms with Crippen molar-refractivity contribution in [2.75, 3.05) is 33.9 Å². The molecule has 2 atom stereocenters. The van der Waals surface area contributed by atoms with E-state index in [2.05, 4.69) is 20.6 Å². The van der Waals surface area contributed by atoms with Crippen molar-refractivity contribution in [3.63, 3.8) is 0 Å². The van der Waals surface area contributed by atoms with Crippen LogP contribution in [0.2, 0.25) is 0 Å². The first-order chi connectivity index (χ1) is 20.8. The average Bonchev–Trinajstić information content (AvgIpc) is 3.02. The third-order valence-electron chi connectivity index (χ3n) is 7.43. The Morgan fingerprint density at radius 2 is 1.84 bits per heavy atom. The first kappa shape index (κ1) is 29.6. The number of methoxy groups -OCH3 is 2. The second-order valence-electron chi connectivity index (χ2n) is 10.4. The number of amides is 3. The Bertz CT molecular complexity index is 1480. The lowest BCUT2D eigenvalue weighted by Gasteiger charge is -2.38. The first-order valence-electron chi connectivity index (χ1n) is 14.1. The van der Waals surface area contributed by atoms with Crippen LogP contribution >= 0.6 is 0 Å². The molecule has 2 aromatic carbocycles. The molecule has 1 saturated heterocycles. The summed E-state index contributed by atoms with van der Waals surface area (Å²) in [6, 6.07) is 10.2. The lowest BCUT2D eigenvalue weighted by Crippen LogP contribution is -2.58. The van der Waals surface area contributed by atoms with Crippen LogP contribution in [0, 0.1) is 6.92 Å². The van der Waals surface area contributed by atoms with Crippen LogP contribution in [0.5, 0.6) is 23.0 Å². The number of aryl methyl sites for hydroxylation is 2. The fourth-order valence-corrected chi connectivity index (χ4v) is 5.10. The van der Waals surface area contributed by atoms with Crippen molar-refractivity contribution in [3.8, 4) is 23.0 Å². The van der Waals surface area contributed by atoms with Crippen LogP contribution in [0.1, 0.15) is 40.2 Å². The van der Waals surface area contributed by atoms with Crippen LogP contribution in [-0.4, -0.2) is 78.7 Å².